The summed E-state index contributed by atoms with van der Waals surface area (Å²) in [7, 11) is 0. The molecule has 2 amide bonds. The molecular formula is C26H45FN6O2. The van der Waals surface area contributed by atoms with Crippen molar-refractivity contribution in [2.45, 2.75) is 94.7 Å². The Kier molecular flexibility index (Phi) is 8.58. The maximum absolute atomic E-state index is 13.4. The first-order valence-corrected chi connectivity index (χ1v) is 14.2. The standard InChI is InChI=1S/C26H45FN6O2/c27-20-6-4-19(5-7-20)16-29-21-15-23-26(35)30-17-22(33(23)18-21)8-9-25(34)32-13-11-31(12-14-32)24-3-1-2-10-28-24/h19-24,28-29H,1-18H2,(H,30,35). The number of amides is 2. The number of hydrogen-bond acceptors (Lipinski definition) is 6. The number of nitrogens with zero attached hydrogens (tertiary/aromatic N) is 3. The summed E-state index contributed by atoms with van der Waals surface area (Å²) in [5.41, 5.74) is 0. The van der Waals surface area contributed by atoms with Crippen LogP contribution >= 0.6 is 0 Å². The van der Waals surface area contributed by atoms with Crippen LogP contribution in [0.1, 0.15) is 64.2 Å². The first-order chi connectivity index (χ1) is 17.1. The van der Waals surface area contributed by atoms with Crippen LogP contribution in [-0.4, -0.2) is 109 Å². The van der Waals surface area contributed by atoms with Crippen molar-refractivity contribution < 1.29 is 14.0 Å². The van der Waals surface area contributed by atoms with Crippen LogP contribution in [0.4, 0.5) is 4.39 Å². The molecule has 5 fully saturated rings. The van der Waals surface area contributed by atoms with E-state index >= 15 is 0 Å². The van der Waals surface area contributed by atoms with Crippen molar-refractivity contribution in [2.24, 2.45) is 5.92 Å². The van der Waals surface area contributed by atoms with E-state index in [1.54, 1.807) is 0 Å². The second kappa shape index (κ2) is 11.8. The van der Waals surface area contributed by atoms with Gasteiger partial charge in [0.15, 0.2) is 0 Å². The molecule has 1 saturated carbocycles. The smallest absolute Gasteiger partial charge is 0.237 e. The summed E-state index contributed by atoms with van der Waals surface area (Å²) in [4.78, 5) is 32.4. The van der Waals surface area contributed by atoms with Crippen molar-refractivity contribution in [3.8, 4) is 0 Å². The molecule has 4 heterocycles. The molecule has 3 N–H and O–H groups in total. The number of carbonyl (C=O) groups is 2. The number of piperidine rings is 1. The van der Waals surface area contributed by atoms with E-state index in [9.17, 15) is 14.0 Å². The van der Waals surface area contributed by atoms with Gasteiger partial charge in [0, 0.05) is 57.8 Å². The molecule has 4 unspecified atom stereocenters. The predicted octanol–water partition coefficient (Wildman–Crippen LogP) is 1.07. The van der Waals surface area contributed by atoms with Crippen molar-refractivity contribution in [2.75, 3.05) is 52.4 Å². The van der Waals surface area contributed by atoms with Gasteiger partial charge in [-0.1, -0.05) is 0 Å². The maximum atomic E-state index is 13.4. The Bertz CT molecular complexity index is 719. The number of fused-ring (bicyclic) bond motifs is 1. The topological polar surface area (TPSA) is 80.0 Å². The van der Waals surface area contributed by atoms with Crippen LogP contribution in [0.25, 0.3) is 0 Å². The van der Waals surface area contributed by atoms with Crippen LogP contribution in [0.5, 0.6) is 0 Å². The lowest BCUT2D eigenvalue weighted by Crippen LogP contribution is -2.58. The van der Waals surface area contributed by atoms with Crippen LogP contribution in [0, 0.1) is 5.92 Å². The van der Waals surface area contributed by atoms with E-state index in [1.807, 2.05) is 4.90 Å². The zero-order chi connectivity index (χ0) is 24.2. The lowest BCUT2D eigenvalue weighted by Gasteiger charge is -2.41. The summed E-state index contributed by atoms with van der Waals surface area (Å²) in [5.74, 6) is 0.936. The molecule has 4 aliphatic heterocycles. The minimum Gasteiger partial charge on any atom is -0.353 e. The number of rotatable bonds is 7. The molecule has 9 heteroatoms. The van der Waals surface area contributed by atoms with Gasteiger partial charge in [-0.2, -0.15) is 0 Å². The number of carbonyl (C=O) groups excluding carboxylic acids is 2. The highest BCUT2D eigenvalue weighted by atomic mass is 19.1. The summed E-state index contributed by atoms with van der Waals surface area (Å²) < 4.78 is 13.4. The fourth-order valence-electron chi connectivity index (χ4n) is 6.93. The Morgan fingerprint density at radius 3 is 2.60 bits per heavy atom. The summed E-state index contributed by atoms with van der Waals surface area (Å²) in [6.07, 6.45) is 9.14. The second-order valence-corrected chi connectivity index (χ2v) is 11.5. The molecule has 5 rings (SSSR count). The van der Waals surface area contributed by atoms with Crippen LogP contribution in [0.2, 0.25) is 0 Å². The van der Waals surface area contributed by atoms with Crippen molar-refractivity contribution >= 4 is 11.8 Å². The van der Waals surface area contributed by atoms with Crippen molar-refractivity contribution in [1.82, 2.24) is 30.7 Å². The maximum Gasteiger partial charge on any atom is 0.237 e. The lowest BCUT2D eigenvalue weighted by atomic mass is 9.88. The minimum atomic E-state index is -0.614. The third kappa shape index (κ3) is 6.35. The van der Waals surface area contributed by atoms with E-state index in [4.69, 9.17) is 0 Å². The van der Waals surface area contributed by atoms with E-state index in [0.29, 0.717) is 43.9 Å². The van der Waals surface area contributed by atoms with E-state index in [1.165, 1.54) is 19.3 Å². The number of alkyl halides is 1. The molecule has 198 valence electrons. The Morgan fingerprint density at radius 1 is 1.06 bits per heavy atom. The van der Waals surface area contributed by atoms with Gasteiger partial charge in [0.25, 0.3) is 0 Å². The van der Waals surface area contributed by atoms with Crippen molar-refractivity contribution in [1.29, 1.82) is 0 Å². The molecule has 4 atom stereocenters. The molecule has 0 spiro atoms. The monoisotopic (exact) mass is 492 g/mol. The zero-order valence-corrected chi connectivity index (χ0v) is 21.2. The van der Waals surface area contributed by atoms with E-state index in [2.05, 4.69) is 25.8 Å². The largest absolute Gasteiger partial charge is 0.353 e. The van der Waals surface area contributed by atoms with Gasteiger partial charge in [-0.05, 0) is 76.8 Å². The van der Waals surface area contributed by atoms with Crippen molar-refractivity contribution in [3.05, 3.63) is 0 Å². The summed E-state index contributed by atoms with van der Waals surface area (Å²) >= 11 is 0. The molecule has 8 nitrogen and oxygen atoms in total. The van der Waals surface area contributed by atoms with Crippen LogP contribution < -0.4 is 16.0 Å². The fraction of sp³-hybridized carbons (Fsp3) is 0.923. The molecule has 1 aliphatic carbocycles. The Balaban J connectivity index is 1.05. The predicted molar refractivity (Wildman–Crippen MR) is 134 cm³/mol. The van der Waals surface area contributed by atoms with Crippen LogP contribution in [-0.2, 0) is 9.59 Å². The molecule has 0 radical (unpaired) electrons. The average Bonchev–Trinajstić information content (AvgIpc) is 3.34. The van der Waals surface area contributed by atoms with Gasteiger partial charge in [-0.15, -0.1) is 0 Å². The average molecular weight is 493 g/mol. The Morgan fingerprint density at radius 2 is 1.86 bits per heavy atom. The normalized spacial score (nSPS) is 37.2. The van der Waals surface area contributed by atoms with E-state index in [-0.39, 0.29) is 23.9 Å². The van der Waals surface area contributed by atoms with Gasteiger partial charge in [-0.25, -0.2) is 4.39 Å². The molecule has 0 aromatic heterocycles. The first kappa shape index (κ1) is 25.4. The summed E-state index contributed by atoms with van der Waals surface area (Å²) in [5, 5.41) is 10.4. The van der Waals surface area contributed by atoms with Crippen LogP contribution in [0.3, 0.4) is 0 Å². The van der Waals surface area contributed by atoms with Crippen LogP contribution in [0.15, 0.2) is 0 Å². The lowest BCUT2D eigenvalue weighted by molar-refractivity contribution is -0.134. The van der Waals surface area contributed by atoms with Gasteiger partial charge in [0.1, 0.15) is 6.17 Å². The number of piperazine rings is 2. The molecule has 0 aromatic rings. The third-order valence-electron chi connectivity index (χ3n) is 9.18. The Hall–Kier alpha value is -1.29. The second-order valence-electron chi connectivity index (χ2n) is 11.5. The van der Waals surface area contributed by atoms with Gasteiger partial charge in [0.2, 0.25) is 11.8 Å². The minimum absolute atomic E-state index is 0.0885. The van der Waals surface area contributed by atoms with E-state index < -0.39 is 6.17 Å². The first-order valence-electron chi connectivity index (χ1n) is 14.2. The van der Waals surface area contributed by atoms with Crippen molar-refractivity contribution in [3.63, 3.8) is 0 Å². The van der Waals surface area contributed by atoms with Gasteiger partial charge < -0.3 is 20.9 Å². The van der Waals surface area contributed by atoms with Gasteiger partial charge in [-0.3, -0.25) is 19.4 Å². The highest BCUT2D eigenvalue weighted by Gasteiger charge is 2.43. The fourth-order valence-corrected chi connectivity index (χ4v) is 6.93. The number of halogens is 1. The molecule has 35 heavy (non-hydrogen) atoms. The molecular weight excluding hydrogens is 447 g/mol. The molecule has 4 saturated heterocycles. The molecule has 0 bridgehead atoms. The zero-order valence-electron chi connectivity index (χ0n) is 21.2. The Labute approximate surface area is 209 Å². The SMILES string of the molecule is O=C1NCC(CCC(=O)N2CCN(C3CCCCN3)CC2)N2CC(NCC3CCC(F)CC3)CC12. The number of nitrogens with one attached hydrogen (secondary N) is 3. The third-order valence-corrected chi connectivity index (χ3v) is 9.18. The quantitative estimate of drug-likeness (QED) is 0.494. The number of hydrogen-bond donors (Lipinski definition) is 3. The highest BCUT2D eigenvalue weighted by Crippen LogP contribution is 2.28. The van der Waals surface area contributed by atoms with Gasteiger partial charge in [0.05, 0.1) is 12.2 Å². The highest BCUT2D eigenvalue weighted by molar-refractivity contribution is 5.83. The molecule has 0 aromatic carbocycles. The molecule has 5 aliphatic rings. The van der Waals surface area contributed by atoms with E-state index in [0.717, 1.165) is 71.5 Å². The van der Waals surface area contributed by atoms with Gasteiger partial charge >= 0.3 is 0 Å². The summed E-state index contributed by atoms with van der Waals surface area (Å²) in [6, 6.07) is 0.434. The summed E-state index contributed by atoms with van der Waals surface area (Å²) in [6.45, 7) is 7.08.